The van der Waals surface area contributed by atoms with Gasteiger partial charge in [-0.1, -0.05) is 0 Å². The highest BCUT2D eigenvalue weighted by atomic mass is 32.2. The van der Waals surface area contributed by atoms with Crippen LogP contribution in [-0.2, 0) is 14.8 Å². The predicted molar refractivity (Wildman–Crippen MR) is 137 cm³/mol. The topological polar surface area (TPSA) is 97.4 Å². The van der Waals surface area contributed by atoms with Crippen LogP contribution in [0.4, 0.5) is 5.69 Å². The second-order valence-corrected chi connectivity index (χ2v) is 11.1. The summed E-state index contributed by atoms with van der Waals surface area (Å²) < 4.78 is 44.4. The molecular formula is C24H29N3O6S2. The van der Waals surface area contributed by atoms with Crippen LogP contribution in [0.15, 0.2) is 47.4 Å². The zero-order valence-corrected chi connectivity index (χ0v) is 21.6. The molecular weight excluding hydrogens is 490 g/mol. The molecule has 1 aromatic heterocycles. The number of nitrogens with one attached hydrogen (secondary N) is 1. The number of rotatable bonds is 9. The number of amides is 1. The molecule has 0 aliphatic carbocycles. The largest absolute Gasteiger partial charge is 0.493 e. The van der Waals surface area contributed by atoms with Crippen molar-refractivity contribution < 1.29 is 27.4 Å². The molecule has 3 aromatic rings. The molecule has 0 spiro atoms. The van der Waals surface area contributed by atoms with Gasteiger partial charge in [-0.25, -0.2) is 8.42 Å². The minimum atomic E-state index is -3.84. The highest BCUT2D eigenvalue weighted by Crippen LogP contribution is 2.34. The molecule has 11 heteroatoms. The maximum absolute atomic E-state index is 13.3. The summed E-state index contributed by atoms with van der Waals surface area (Å²) >= 11 is 1.38. The summed E-state index contributed by atoms with van der Waals surface area (Å²) in [6.45, 7) is 4.54. The van der Waals surface area contributed by atoms with E-state index in [0.29, 0.717) is 28.6 Å². The lowest BCUT2D eigenvalue weighted by Gasteiger charge is -2.26. The third-order valence-electron chi connectivity index (χ3n) is 5.92. The molecule has 1 saturated heterocycles. The number of ether oxygens (including phenoxy) is 3. The average Bonchev–Trinajstić information content (AvgIpc) is 3.32. The van der Waals surface area contributed by atoms with Gasteiger partial charge in [-0.05, 0) is 41.8 Å². The zero-order chi connectivity index (χ0) is 25.0. The summed E-state index contributed by atoms with van der Waals surface area (Å²) in [5.74, 6) is 0.649. The number of morpholine rings is 1. The van der Waals surface area contributed by atoms with E-state index in [1.165, 1.54) is 49.0 Å². The van der Waals surface area contributed by atoms with E-state index in [-0.39, 0.29) is 10.8 Å². The minimum absolute atomic E-state index is 0.0865. The quantitative estimate of drug-likeness (QED) is 0.464. The molecule has 35 heavy (non-hydrogen) atoms. The van der Waals surface area contributed by atoms with E-state index in [0.717, 1.165) is 42.9 Å². The number of carbonyl (C=O) groups excluding carboxylic acids is 1. The first-order chi connectivity index (χ1) is 16.8. The summed E-state index contributed by atoms with van der Waals surface area (Å²) in [7, 11) is 0.607. The number of hydrogen-bond acceptors (Lipinski definition) is 8. The Morgan fingerprint density at radius 1 is 1.09 bits per heavy atom. The van der Waals surface area contributed by atoms with Crippen molar-refractivity contribution in [3.8, 4) is 11.5 Å². The fraction of sp³-hybridized carbons (Fsp3) is 0.375. The van der Waals surface area contributed by atoms with Crippen molar-refractivity contribution in [3.05, 3.63) is 47.3 Å². The van der Waals surface area contributed by atoms with Gasteiger partial charge in [0.2, 0.25) is 0 Å². The first kappa shape index (κ1) is 25.2. The Kier molecular flexibility index (Phi) is 7.80. The fourth-order valence-electron chi connectivity index (χ4n) is 3.85. The Hall–Kier alpha value is -2.86. The maximum Gasteiger partial charge on any atom is 0.264 e. The second-order valence-electron chi connectivity index (χ2n) is 8.03. The number of hydrogen-bond donors (Lipinski definition) is 1. The first-order valence-corrected chi connectivity index (χ1v) is 13.4. The molecule has 2 heterocycles. The van der Waals surface area contributed by atoms with Gasteiger partial charge in [0.05, 0.1) is 42.9 Å². The minimum Gasteiger partial charge on any atom is -0.493 e. The monoisotopic (exact) mass is 519 g/mol. The number of methoxy groups -OCH3 is 2. The molecule has 0 saturated carbocycles. The summed E-state index contributed by atoms with van der Waals surface area (Å²) in [6.07, 6.45) is 0. The average molecular weight is 520 g/mol. The number of nitrogens with zero attached hydrogens (tertiary/aromatic N) is 2. The number of fused-ring (bicyclic) bond motifs is 1. The number of anilines is 1. The zero-order valence-electron chi connectivity index (χ0n) is 19.9. The molecule has 2 aromatic carbocycles. The lowest BCUT2D eigenvalue weighted by molar-refractivity contribution is 0.0383. The van der Waals surface area contributed by atoms with Crippen LogP contribution in [-0.4, -0.2) is 79.9 Å². The molecule has 1 amide bonds. The summed E-state index contributed by atoms with van der Waals surface area (Å²) in [4.78, 5) is 15.6. The molecule has 0 bridgehead atoms. The van der Waals surface area contributed by atoms with Gasteiger partial charge in [-0.3, -0.25) is 14.0 Å². The van der Waals surface area contributed by atoms with Crippen LogP contribution in [0.1, 0.15) is 9.67 Å². The van der Waals surface area contributed by atoms with Gasteiger partial charge in [0.25, 0.3) is 15.9 Å². The van der Waals surface area contributed by atoms with Crippen molar-refractivity contribution in [3.63, 3.8) is 0 Å². The van der Waals surface area contributed by atoms with Crippen LogP contribution in [0.3, 0.4) is 0 Å². The smallest absolute Gasteiger partial charge is 0.264 e. The lowest BCUT2D eigenvalue weighted by atomic mass is 10.2. The van der Waals surface area contributed by atoms with Gasteiger partial charge in [0.1, 0.15) is 0 Å². The van der Waals surface area contributed by atoms with Crippen LogP contribution in [0.5, 0.6) is 11.5 Å². The van der Waals surface area contributed by atoms with Gasteiger partial charge in [-0.15, -0.1) is 11.3 Å². The Balaban J connectivity index is 1.48. The number of carbonyl (C=O) groups is 1. The SMILES string of the molecule is COc1ccc(S(=O)(=O)N(C)c2ccc3sc(C(=O)NCCN4CCOCC4)cc3c2)cc1OC. The van der Waals surface area contributed by atoms with Crippen LogP contribution >= 0.6 is 11.3 Å². The van der Waals surface area contributed by atoms with Gasteiger partial charge in [-0.2, -0.15) is 0 Å². The van der Waals surface area contributed by atoms with Crippen molar-refractivity contribution in [2.24, 2.45) is 0 Å². The number of sulfonamides is 1. The number of benzene rings is 2. The van der Waals surface area contributed by atoms with Crippen LogP contribution < -0.4 is 19.1 Å². The summed E-state index contributed by atoms with van der Waals surface area (Å²) in [5, 5.41) is 3.78. The summed E-state index contributed by atoms with van der Waals surface area (Å²) in [6, 6.07) is 11.6. The van der Waals surface area contributed by atoms with Gasteiger partial charge < -0.3 is 19.5 Å². The Bertz CT molecular complexity index is 1300. The molecule has 9 nitrogen and oxygen atoms in total. The van der Waals surface area contributed by atoms with Crippen molar-refractivity contribution in [1.29, 1.82) is 0 Å². The second kappa shape index (κ2) is 10.8. The van der Waals surface area contributed by atoms with E-state index < -0.39 is 10.0 Å². The third-order valence-corrected chi connectivity index (χ3v) is 8.81. The van der Waals surface area contributed by atoms with Gasteiger partial charge in [0.15, 0.2) is 11.5 Å². The van der Waals surface area contributed by atoms with Crippen LogP contribution in [0.25, 0.3) is 10.1 Å². The molecule has 1 aliphatic rings. The standard InChI is InChI=1S/C24H29N3O6S2/c1-26(35(29,30)19-5-6-20(31-2)21(16-19)32-3)18-4-7-22-17(14-18)15-23(34-22)24(28)25-8-9-27-10-12-33-13-11-27/h4-7,14-16H,8-13H2,1-3H3,(H,25,28). The molecule has 1 aliphatic heterocycles. The first-order valence-electron chi connectivity index (χ1n) is 11.2. The summed E-state index contributed by atoms with van der Waals surface area (Å²) in [5.41, 5.74) is 0.490. The van der Waals surface area contributed by atoms with E-state index >= 15 is 0 Å². The van der Waals surface area contributed by atoms with Crippen molar-refractivity contribution in [2.75, 3.05) is 65.0 Å². The number of thiophene rings is 1. The third kappa shape index (κ3) is 5.53. The molecule has 4 rings (SSSR count). The van der Waals surface area contributed by atoms with Crippen LogP contribution in [0, 0.1) is 0 Å². The Labute approximate surface area is 209 Å². The Morgan fingerprint density at radius 2 is 1.83 bits per heavy atom. The van der Waals surface area contributed by atoms with E-state index in [1.54, 1.807) is 24.3 Å². The van der Waals surface area contributed by atoms with Crippen molar-refractivity contribution >= 4 is 43.0 Å². The normalized spacial score (nSPS) is 14.6. The van der Waals surface area contributed by atoms with E-state index in [4.69, 9.17) is 14.2 Å². The molecule has 188 valence electrons. The van der Waals surface area contributed by atoms with Gasteiger partial charge >= 0.3 is 0 Å². The van der Waals surface area contributed by atoms with E-state index in [9.17, 15) is 13.2 Å². The van der Waals surface area contributed by atoms with E-state index in [2.05, 4.69) is 10.2 Å². The fourth-order valence-corrected chi connectivity index (χ4v) is 6.01. The highest BCUT2D eigenvalue weighted by Gasteiger charge is 2.24. The molecule has 1 N–H and O–H groups in total. The van der Waals surface area contributed by atoms with Crippen molar-refractivity contribution in [1.82, 2.24) is 10.2 Å². The molecule has 0 unspecified atom stereocenters. The molecule has 0 radical (unpaired) electrons. The molecule has 1 fully saturated rings. The highest BCUT2D eigenvalue weighted by molar-refractivity contribution is 7.92. The maximum atomic E-state index is 13.3. The molecule has 0 atom stereocenters. The van der Waals surface area contributed by atoms with E-state index in [1.807, 2.05) is 6.07 Å². The Morgan fingerprint density at radius 3 is 2.54 bits per heavy atom. The lowest BCUT2D eigenvalue weighted by Crippen LogP contribution is -2.41. The van der Waals surface area contributed by atoms with Crippen LogP contribution in [0.2, 0.25) is 0 Å². The predicted octanol–water partition coefficient (Wildman–Crippen LogP) is 2.81. The van der Waals surface area contributed by atoms with Crippen molar-refractivity contribution in [2.45, 2.75) is 4.90 Å². The van der Waals surface area contributed by atoms with Gasteiger partial charge in [0, 0.05) is 44.0 Å².